The van der Waals surface area contributed by atoms with Gasteiger partial charge >= 0.3 is 6.09 Å². The van der Waals surface area contributed by atoms with Gasteiger partial charge in [-0.1, -0.05) is 64.0 Å². The maximum Gasteiger partial charge on any atom is 0.407 e. The number of carbonyl (C=O) groups excluding carboxylic acids is 1. The highest BCUT2D eigenvalue weighted by atomic mass is 16.6. The van der Waals surface area contributed by atoms with E-state index in [9.17, 15) is 4.79 Å². The van der Waals surface area contributed by atoms with Gasteiger partial charge in [-0.15, -0.1) is 0 Å². The second-order valence-electron chi connectivity index (χ2n) is 10.4. The topological polar surface area (TPSA) is 47.6 Å². The first kappa shape index (κ1) is 29.0. The Balaban J connectivity index is 3.77. The summed E-state index contributed by atoms with van der Waals surface area (Å²) in [6.45, 7) is 15.1. The highest BCUT2D eigenvalue weighted by Crippen LogP contribution is 2.19. The van der Waals surface area contributed by atoms with Gasteiger partial charge in [-0.05, 0) is 73.6 Å². The molecule has 0 aliphatic carbocycles. The minimum absolute atomic E-state index is 0.0679. The van der Waals surface area contributed by atoms with Crippen molar-refractivity contribution in [3.63, 3.8) is 0 Å². The summed E-state index contributed by atoms with van der Waals surface area (Å²) in [6.07, 6.45) is 19.1. The third kappa shape index (κ3) is 21.7. The van der Waals surface area contributed by atoms with Crippen LogP contribution in [0.3, 0.4) is 0 Å². The van der Waals surface area contributed by atoms with Gasteiger partial charge in [-0.2, -0.15) is 0 Å². The van der Waals surface area contributed by atoms with E-state index in [1.807, 2.05) is 20.8 Å². The molecule has 0 aromatic rings. The van der Waals surface area contributed by atoms with E-state index in [0.717, 1.165) is 25.7 Å². The number of hydrogen-bond acceptors (Lipinski definition) is 3. The van der Waals surface area contributed by atoms with Crippen LogP contribution in [0.2, 0.25) is 0 Å². The van der Waals surface area contributed by atoms with E-state index in [0.29, 0.717) is 12.6 Å². The van der Waals surface area contributed by atoms with E-state index in [-0.39, 0.29) is 11.7 Å². The lowest BCUT2D eigenvalue weighted by Crippen LogP contribution is -2.32. The van der Waals surface area contributed by atoms with Gasteiger partial charge in [0.15, 0.2) is 0 Å². The van der Waals surface area contributed by atoms with Crippen LogP contribution in [0.25, 0.3) is 0 Å². The Morgan fingerprint density at radius 2 is 1.47 bits per heavy atom. The van der Waals surface area contributed by atoms with E-state index >= 15 is 0 Å². The van der Waals surface area contributed by atoms with E-state index in [1.54, 1.807) is 0 Å². The fraction of sp³-hybridized carbons (Fsp3) is 0.885. The summed E-state index contributed by atoms with van der Waals surface area (Å²) in [6, 6.07) is 0. The summed E-state index contributed by atoms with van der Waals surface area (Å²) in [5.74, 6) is 0. The van der Waals surface area contributed by atoms with Gasteiger partial charge < -0.3 is 14.8 Å². The molecule has 0 aliphatic rings. The first-order valence-electron chi connectivity index (χ1n) is 12.3. The number of alkyl carbamates (subject to hydrolysis) is 1. The Morgan fingerprint density at radius 1 is 0.833 bits per heavy atom. The molecule has 0 aliphatic heterocycles. The van der Waals surface area contributed by atoms with Crippen molar-refractivity contribution in [2.24, 2.45) is 0 Å². The van der Waals surface area contributed by atoms with Gasteiger partial charge in [0, 0.05) is 6.54 Å². The van der Waals surface area contributed by atoms with Crippen LogP contribution in [-0.2, 0) is 9.47 Å². The molecule has 1 unspecified atom stereocenters. The molecule has 178 valence electrons. The maximum atomic E-state index is 11.6. The molecule has 4 nitrogen and oxygen atoms in total. The fourth-order valence-corrected chi connectivity index (χ4v) is 3.31. The number of amides is 1. The molecule has 0 saturated carbocycles. The summed E-state index contributed by atoms with van der Waals surface area (Å²) >= 11 is 0. The highest BCUT2D eigenvalue weighted by Gasteiger charge is 2.17. The third-order valence-electron chi connectivity index (χ3n) is 4.68. The molecule has 0 spiro atoms. The monoisotopic (exact) mass is 425 g/mol. The third-order valence-corrected chi connectivity index (χ3v) is 4.68. The average Bonchev–Trinajstić information content (AvgIpc) is 2.60. The van der Waals surface area contributed by atoms with Crippen LogP contribution in [0.1, 0.15) is 126 Å². The summed E-state index contributed by atoms with van der Waals surface area (Å²) in [4.78, 5) is 11.6. The number of ether oxygens (including phenoxy) is 2. The summed E-state index contributed by atoms with van der Waals surface area (Å²) < 4.78 is 11.5. The average molecular weight is 426 g/mol. The van der Waals surface area contributed by atoms with Crippen LogP contribution in [0.5, 0.6) is 0 Å². The molecule has 0 aromatic heterocycles. The van der Waals surface area contributed by atoms with E-state index in [1.165, 1.54) is 51.4 Å². The Bertz CT molecular complexity index is 446. The minimum atomic E-state index is -0.425. The number of allylic oxidation sites excluding steroid dienone is 1. The van der Waals surface area contributed by atoms with E-state index in [2.05, 4.69) is 45.2 Å². The standard InChI is InChI=1S/C26H51NO3/c1-8-9-10-17-20-23(29-25(2,3)4)21-18-15-13-11-12-14-16-19-22-27-24(28)30-26(5,6)7/h15,18,23H,8-14,16-17,19-22H2,1-7H3,(H,27,28)/b18-15+. The van der Waals surface area contributed by atoms with Crippen LogP contribution in [-0.4, -0.2) is 29.9 Å². The lowest BCUT2D eigenvalue weighted by Gasteiger charge is -2.27. The van der Waals surface area contributed by atoms with Crippen LogP contribution < -0.4 is 5.32 Å². The predicted octanol–water partition coefficient (Wildman–Crippen LogP) is 7.95. The zero-order valence-corrected chi connectivity index (χ0v) is 21.1. The first-order chi connectivity index (χ1) is 14.0. The number of carbonyl (C=O) groups is 1. The predicted molar refractivity (Wildman–Crippen MR) is 129 cm³/mol. The molecule has 0 rings (SSSR count). The summed E-state index contributed by atoms with van der Waals surface area (Å²) in [5.41, 5.74) is -0.493. The molecule has 0 heterocycles. The Kier molecular flexibility index (Phi) is 16.1. The normalized spacial score (nSPS) is 13.6. The van der Waals surface area contributed by atoms with Gasteiger partial charge in [-0.25, -0.2) is 4.79 Å². The van der Waals surface area contributed by atoms with Crippen molar-refractivity contribution in [1.82, 2.24) is 5.32 Å². The number of hydrogen-bond donors (Lipinski definition) is 1. The fourth-order valence-electron chi connectivity index (χ4n) is 3.31. The minimum Gasteiger partial charge on any atom is -0.444 e. The Morgan fingerprint density at radius 3 is 2.10 bits per heavy atom. The van der Waals surface area contributed by atoms with Crippen molar-refractivity contribution in [3.8, 4) is 0 Å². The molecule has 0 saturated heterocycles. The van der Waals surface area contributed by atoms with Gasteiger partial charge in [0.05, 0.1) is 11.7 Å². The smallest absolute Gasteiger partial charge is 0.407 e. The second-order valence-corrected chi connectivity index (χ2v) is 10.4. The van der Waals surface area contributed by atoms with Crippen LogP contribution in [0.15, 0.2) is 12.2 Å². The van der Waals surface area contributed by atoms with Crippen molar-refractivity contribution in [1.29, 1.82) is 0 Å². The lowest BCUT2D eigenvalue weighted by atomic mass is 10.0. The van der Waals surface area contributed by atoms with Gasteiger partial charge in [0.2, 0.25) is 0 Å². The van der Waals surface area contributed by atoms with Crippen molar-refractivity contribution in [2.45, 2.75) is 143 Å². The van der Waals surface area contributed by atoms with E-state index < -0.39 is 5.60 Å². The highest BCUT2D eigenvalue weighted by molar-refractivity contribution is 5.67. The molecule has 0 aromatic carbocycles. The largest absolute Gasteiger partial charge is 0.444 e. The number of unbranched alkanes of at least 4 members (excludes halogenated alkanes) is 8. The lowest BCUT2D eigenvalue weighted by molar-refractivity contribution is -0.0620. The molecular formula is C26H51NO3. The van der Waals surface area contributed by atoms with Crippen molar-refractivity contribution in [3.05, 3.63) is 12.2 Å². The quantitative estimate of drug-likeness (QED) is 0.201. The second kappa shape index (κ2) is 16.6. The first-order valence-corrected chi connectivity index (χ1v) is 12.3. The molecule has 1 atom stereocenters. The SMILES string of the molecule is CCCCCCC(C/C=C/CCCCCCCNC(=O)OC(C)(C)C)OC(C)(C)C. The van der Waals surface area contributed by atoms with Crippen molar-refractivity contribution in [2.75, 3.05) is 6.54 Å². The number of nitrogens with one attached hydrogen (secondary N) is 1. The number of rotatable bonds is 16. The zero-order valence-electron chi connectivity index (χ0n) is 21.1. The molecule has 30 heavy (non-hydrogen) atoms. The zero-order chi connectivity index (χ0) is 22.9. The molecular weight excluding hydrogens is 374 g/mol. The summed E-state index contributed by atoms with van der Waals surface area (Å²) in [7, 11) is 0. The van der Waals surface area contributed by atoms with Crippen molar-refractivity contribution < 1.29 is 14.3 Å². The molecule has 4 heteroatoms. The molecule has 1 N–H and O–H groups in total. The Labute approximate surface area is 187 Å². The maximum absolute atomic E-state index is 11.6. The molecule has 0 bridgehead atoms. The van der Waals surface area contributed by atoms with Crippen molar-refractivity contribution >= 4 is 6.09 Å². The Hall–Kier alpha value is -1.03. The van der Waals surface area contributed by atoms with Gasteiger partial charge in [0.25, 0.3) is 0 Å². The molecule has 0 fully saturated rings. The molecule has 1 amide bonds. The van der Waals surface area contributed by atoms with Gasteiger partial charge in [0.1, 0.15) is 5.60 Å². The molecule has 0 radical (unpaired) electrons. The van der Waals surface area contributed by atoms with Gasteiger partial charge in [-0.3, -0.25) is 0 Å². The van der Waals surface area contributed by atoms with Crippen LogP contribution >= 0.6 is 0 Å². The van der Waals surface area contributed by atoms with Crippen LogP contribution in [0, 0.1) is 0 Å². The van der Waals surface area contributed by atoms with E-state index in [4.69, 9.17) is 9.47 Å². The van der Waals surface area contributed by atoms with Crippen LogP contribution in [0.4, 0.5) is 4.79 Å². The summed E-state index contributed by atoms with van der Waals surface area (Å²) in [5, 5.41) is 2.82.